The van der Waals surface area contributed by atoms with Gasteiger partial charge in [0.15, 0.2) is 0 Å². The SMILES string of the molecule is CC1(C)CCCCCCCCCCCCCCC(C)(C)C(C)(C)C1(C)C. The maximum absolute atomic E-state index is 2.56. The quantitative estimate of drug-likeness (QED) is 0.401. The van der Waals surface area contributed by atoms with Gasteiger partial charge in [-0.15, -0.1) is 0 Å². The van der Waals surface area contributed by atoms with Crippen LogP contribution in [0.5, 0.6) is 0 Å². The normalized spacial score (nSPS) is 28.6. The fourth-order valence-corrected chi connectivity index (χ4v) is 5.22. The molecule has 0 spiro atoms. The van der Waals surface area contributed by atoms with Crippen molar-refractivity contribution in [2.24, 2.45) is 21.7 Å². The maximum atomic E-state index is 2.56. The Morgan fingerprint density at radius 3 is 0.731 bits per heavy atom. The average Bonchev–Trinajstić information content (AvgIpc) is 2.53. The smallest absolute Gasteiger partial charge is 0.0247 e. The van der Waals surface area contributed by atoms with Crippen molar-refractivity contribution in [3.63, 3.8) is 0 Å². The Morgan fingerprint density at radius 2 is 0.500 bits per heavy atom. The van der Waals surface area contributed by atoms with Crippen LogP contribution in [-0.2, 0) is 0 Å². The monoisotopic (exact) mass is 364 g/mol. The third kappa shape index (κ3) is 6.00. The van der Waals surface area contributed by atoms with Gasteiger partial charge in [0.2, 0.25) is 0 Å². The molecular weight excluding hydrogens is 312 g/mol. The number of hydrogen-bond donors (Lipinski definition) is 0. The Bertz CT molecular complexity index is 345. The molecule has 1 rings (SSSR count). The Morgan fingerprint density at radius 1 is 0.308 bits per heavy atom. The van der Waals surface area contributed by atoms with Gasteiger partial charge in [-0.2, -0.15) is 0 Å². The molecule has 0 radical (unpaired) electrons. The van der Waals surface area contributed by atoms with E-state index in [4.69, 9.17) is 0 Å². The fraction of sp³-hybridized carbons (Fsp3) is 1.00. The van der Waals surface area contributed by atoms with Crippen LogP contribution in [0.1, 0.15) is 145 Å². The van der Waals surface area contributed by atoms with Crippen molar-refractivity contribution in [2.45, 2.75) is 145 Å². The molecule has 0 unspecified atom stereocenters. The van der Waals surface area contributed by atoms with Crippen molar-refractivity contribution < 1.29 is 0 Å². The maximum Gasteiger partial charge on any atom is -0.0247 e. The van der Waals surface area contributed by atoms with Crippen molar-refractivity contribution in [1.82, 2.24) is 0 Å². The van der Waals surface area contributed by atoms with Crippen LogP contribution in [-0.4, -0.2) is 0 Å². The van der Waals surface area contributed by atoms with E-state index in [9.17, 15) is 0 Å². The van der Waals surface area contributed by atoms with Gasteiger partial charge in [0.05, 0.1) is 0 Å². The third-order valence-corrected chi connectivity index (χ3v) is 9.30. The molecule has 0 aromatic heterocycles. The lowest BCUT2D eigenvalue weighted by molar-refractivity contribution is -0.102. The Hall–Kier alpha value is 0. The Balaban J connectivity index is 2.86. The summed E-state index contributed by atoms with van der Waals surface area (Å²) < 4.78 is 0. The summed E-state index contributed by atoms with van der Waals surface area (Å²) in [5, 5.41) is 0. The van der Waals surface area contributed by atoms with E-state index in [0.29, 0.717) is 21.7 Å². The minimum Gasteiger partial charge on any atom is -0.0594 e. The van der Waals surface area contributed by atoms with E-state index in [1.54, 1.807) is 0 Å². The van der Waals surface area contributed by atoms with Crippen molar-refractivity contribution in [3.8, 4) is 0 Å². The summed E-state index contributed by atoms with van der Waals surface area (Å²) >= 11 is 0. The molecule has 0 heterocycles. The first-order chi connectivity index (χ1) is 12.0. The summed E-state index contributed by atoms with van der Waals surface area (Å²) in [5.41, 5.74) is 1.43. The van der Waals surface area contributed by atoms with Crippen LogP contribution < -0.4 is 0 Å². The van der Waals surface area contributed by atoms with Crippen LogP contribution in [0.25, 0.3) is 0 Å². The highest BCUT2D eigenvalue weighted by Crippen LogP contribution is 2.61. The number of hydrogen-bond acceptors (Lipinski definition) is 0. The van der Waals surface area contributed by atoms with Gasteiger partial charge in [-0.25, -0.2) is 0 Å². The van der Waals surface area contributed by atoms with E-state index in [0.717, 1.165) is 0 Å². The summed E-state index contributed by atoms with van der Waals surface area (Å²) in [7, 11) is 0. The summed E-state index contributed by atoms with van der Waals surface area (Å²) in [6.07, 6.45) is 20.1. The zero-order valence-corrected chi connectivity index (χ0v) is 19.9. The van der Waals surface area contributed by atoms with Crippen molar-refractivity contribution in [3.05, 3.63) is 0 Å². The van der Waals surface area contributed by atoms with Crippen LogP contribution in [0.4, 0.5) is 0 Å². The molecule has 26 heavy (non-hydrogen) atoms. The molecule has 1 aliphatic rings. The van der Waals surface area contributed by atoms with Crippen molar-refractivity contribution in [2.75, 3.05) is 0 Å². The molecule has 1 aliphatic carbocycles. The van der Waals surface area contributed by atoms with Crippen LogP contribution in [0.3, 0.4) is 0 Å². The first kappa shape index (κ1) is 24.0. The summed E-state index contributed by atoms with van der Waals surface area (Å²) in [6.45, 7) is 20.4. The first-order valence-electron chi connectivity index (χ1n) is 12.0. The van der Waals surface area contributed by atoms with Crippen LogP contribution >= 0.6 is 0 Å². The molecule has 0 saturated heterocycles. The lowest BCUT2D eigenvalue weighted by Crippen LogP contribution is -2.51. The van der Waals surface area contributed by atoms with Crippen molar-refractivity contribution in [1.29, 1.82) is 0 Å². The molecule has 0 aliphatic heterocycles. The van der Waals surface area contributed by atoms with Gasteiger partial charge in [0, 0.05) is 0 Å². The van der Waals surface area contributed by atoms with Gasteiger partial charge >= 0.3 is 0 Å². The first-order valence-corrected chi connectivity index (χ1v) is 12.0. The molecular formula is C26H52. The molecule has 0 heteroatoms. The van der Waals surface area contributed by atoms with Gasteiger partial charge in [0.25, 0.3) is 0 Å². The third-order valence-electron chi connectivity index (χ3n) is 9.30. The standard InChI is InChI=1S/C26H52/c1-23(2)21-19-17-15-13-11-9-10-12-14-16-18-20-22-24(3,4)26(7,8)25(23,5)6/h9-22H2,1-8H3. The largest absolute Gasteiger partial charge is 0.0594 e. The Labute approximate surface area is 167 Å². The molecule has 0 bridgehead atoms. The van der Waals surface area contributed by atoms with Crippen LogP contribution in [0.2, 0.25) is 0 Å². The molecule has 0 amide bonds. The minimum atomic E-state index is 0.328. The van der Waals surface area contributed by atoms with Gasteiger partial charge in [-0.1, -0.05) is 132 Å². The lowest BCUT2D eigenvalue weighted by atomic mass is 9.46. The number of rotatable bonds is 0. The highest BCUT2D eigenvalue weighted by molar-refractivity contribution is 5.02. The van der Waals surface area contributed by atoms with E-state index in [1.807, 2.05) is 0 Å². The minimum absolute atomic E-state index is 0.328. The second-order valence-corrected chi connectivity index (χ2v) is 11.8. The zero-order valence-electron chi connectivity index (χ0n) is 19.9. The molecule has 0 nitrogen and oxygen atoms in total. The molecule has 0 N–H and O–H groups in total. The molecule has 0 aromatic carbocycles. The van der Waals surface area contributed by atoms with Crippen molar-refractivity contribution >= 4 is 0 Å². The fourth-order valence-electron chi connectivity index (χ4n) is 5.22. The predicted octanol–water partition coefficient (Wildman–Crippen LogP) is 9.57. The molecule has 0 aromatic rings. The second kappa shape index (κ2) is 9.97. The molecule has 1 saturated carbocycles. The molecule has 0 atom stereocenters. The van der Waals surface area contributed by atoms with E-state index < -0.39 is 0 Å². The van der Waals surface area contributed by atoms with Crippen LogP contribution in [0, 0.1) is 21.7 Å². The van der Waals surface area contributed by atoms with E-state index in [2.05, 4.69) is 55.4 Å². The predicted molar refractivity (Wildman–Crippen MR) is 120 cm³/mol. The average molecular weight is 365 g/mol. The molecule has 1 fully saturated rings. The second-order valence-electron chi connectivity index (χ2n) is 11.8. The van der Waals surface area contributed by atoms with Crippen LogP contribution in [0.15, 0.2) is 0 Å². The van der Waals surface area contributed by atoms with Gasteiger partial charge in [-0.05, 0) is 34.5 Å². The summed E-state index contributed by atoms with van der Waals surface area (Å²) in [4.78, 5) is 0. The summed E-state index contributed by atoms with van der Waals surface area (Å²) in [6, 6.07) is 0. The lowest BCUT2D eigenvalue weighted by Gasteiger charge is -2.59. The zero-order chi connectivity index (χ0) is 19.9. The van der Waals surface area contributed by atoms with E-state index in [1.165, 1.54) is 89.9 Å². The van der Waals surface area contributed by atoms with Gasteiger partial charge in [-0.3, -0.25) is 0 Å². The summed E-state index contributed by atoms with van der Waals surface area (Å²) in [5.74, 6) is 0. The van der Waals surface area contributed by atoms with E-state index in [-0.39, 0.29) is 0 Å². The van der Waals surface area contributed by atoms with Gasteiger partial charge < -0.3 is 0 Å². The highest BCUT2D eigenvalue weighted by Gasteiger charge is 2.53. The highest BCUT2D eigenvalue weighted by atomic mass is 14.6. The Kier molecular flexibility index (Phi) is 9.22. The van der Waals surface area contributed by atoms with E-state index >= 15 is 0 Å². The topological polar surface area (TPSA) is 0 Å². The van der Waals surface area contributed by atoms with Gasteiger partial charge in [0.1, 0.15) is 0 Å². The molecule has 156 valence electrons.